The van der Waals surface area contributed by atoms with Crippen molar-refractivity contribution in [2.45, 2.75) is 19.5 Å². The number of nitrogens with zero attached hydrogens (tertiary/aromatic N) is 4. The monoisotopic (exact) mass is 391 g/mol. The molecule has 0 bridgehead atoms. The Kier molecular flexibility index (Phi) is 4.75. The minimum atomic E-state index is -0.265. The molecule has 0 unspecified atom stereocenters. The van der Waals surface area contributed by atoms with Crippen molar-refractivity contribution in [3.63, 3.8) is 0 Å². The van der Waals surface area contributed by atoms with Gasteiger partial charge in [0.25, 0.3) is 5.91 Å². The molecule has 1 aliphatic heterocycles. The van der Waals surface area contributed by atoms with Gasteiger partial charge in [-0.3, -0.25) is 9.78 Å². The zero-order chi connectivity index (χ0) is 20.5. The molecule has 8 heteroatoms. The van der Waals surface area contributed by atoms with E-state index >= 15 is 0 Å². The van der Waals surface area contributed by atoms with Gasteiger partial charge >= 0.3 is 0 Å². The quantitative estimate of drug-likeness (QED) is 0.729. The first-order chi connectivity index (χ1) is 14.0. The molecule has 2 N–H and O–H groups in total. The molecule has 1 atom stereocenters. The van der Waals surface area contributed by atoms with Crippen molar-refractivity contribution in [3.05, 3.63) is 59.5 Å². The van der Waals surface area contributed by atoms with Gasteiger partial charge in [-0.15, -0.1) is 0 Å². The molecular formula is C21H21N5O3. The zero-order valence-electron chi connectivity index (χ0n) is 16.4. The van der Waals surface area contributed by atoms with Crippen LogP contribution in [0.5, 0.6) is 11.5 Å². The minimum absolute atomic E-state index is 0.175. The van der Waals surface area contributed by atoms with Crippen LogP contribution in [0.2, 0.25) is 0 Å². The largest absolute Gasteiger partial charge is 0.497 e. The number of hydrogen-bond donors (Lipinski definition) is 1. The lowest BCUT2D eigenvalue weighted by Gasteiger charge is -2.22. The second kappa shape index (κ2) is 7.38. The maximum atomic E-state index is 13.4. The van der Waals surface area contributed by atoms with E-state index in [9.17, 15) is 4.79 Å². The van der Waals surface area contributed by atoms with Crippen LogP contribution in [0.15, 0.2) is 42.7 Å². The number of benzene rings is 1. The van der Waals surface area contributed by atoms with Crippen LogP contribution in [0.3, 0.4) is 0 Å². The topological polar surface area (TPSA) is 103 Å². The summed E-state index contributed by atoms with van der Waals surface area (Å²) >= 11 is 0. The van der Waals surface area contributed by atoms with E-state index in [1.165, 1.54) is 7.11 Å². The highest BCUT2D eigenvalue weighted by Crippen LogP contribution is 2.39. The molecule has 0 saturated heterocycles. The number of hydrogen-bond acceptors (Lipinski definition) is 7. The molecule has 0 saturated carbocycles. The van der Waals surface area contributed by atoms with E-state index in [1.807, 2.05) is 19.1 Å². The Hall–Kier alpha value is -3.68. The summed E-state index contributed by atoms with van der Waals surface area (Å²) in [6, 6.07) is 8.62. The highest BCUT2D eigenvalue weighted by molar-refractivity contribution is 5.98. The summed E-state index contributed by atoms with van der Waals surface area (Å²) in [6.45, 7) is 2.30. The van der Waals surface area contributed by atoms with Gasteiger partial charge in [0.1, 0.15) is 11.5 Å². The number of carbonyl (C=O) groups is 1. The molecular weight excluding hydrogens is 370 g/mol. The van der Waals surface area contributed by atoms with Crippen LogP contribution in [-0.4, -0.2) is 40.0 Å². The van der Waals surface area contributed by atoms with E-state index in [0.717, 1.165) is 22.5 Å². The number of aromatic nitrogens is 3. The molecule has 1 aromatic carbocycles. The third kappa shape index (κ3) is 3.22. The molecule has 29 heavy (non-hydrogen) atoms. The highest BCUT2D eigenvalue weighted by atomic mass is 16.5. The van der Waals surface area contributed by atoms with Crippen molar-refractivity contribution >= 4 is 11.9 Å². The number of amides is 1. The Morgan fingerprint density at radius 3 is 2.59 bits per heavy atom. The average Bonchev–Trinajstić information content (AvgIpc) is 3.09. The van der Waals surface area contributed by atoms with Crippen molar-refractivity contribution in [1.82, 2.24) is 19.9 Å². The van der Waals surface area contributed by atoms with E-state index < -0.39 is 0 Å². The molecule has 4 rings (SSSR count). The van der Waals surface area contributed by atoms with Gasteiger partial charge in [0.2, 0.25) is 5.95 Å². The van der Waals surface area contributed by atoms with Crippen molar-refractivity contribution in [1.29, 1.82) is 0 Å². The molecule has 3 heterocycles. The van der Waals surface area contributed by atoms with Crippen molar-refractivity contribution in [2.24, 2.45) is 0 Å². The van der Waals surface area contributed by atoms with E-state index in [-0.39, 0.29) is 17.9 Å². The first-order valence-corrected chi connectivity index (χ1v) is 9.13. The fourth-order valence-corrected chi connectivity index (χ4v) is 3.61. The van der Waals surface area contributed by atoms with Crippen molar-refractivity contribution in [2.75, 3.05) is 20.0 Å². The number of fused-ring (bicyclic) bond motifs is 1. The third-order valence-corrected chi connectivity index (χ3v) is 5.10. The summed E-state index contributed by atoms with van der Waals surface area (Å²) in [7, 11) is 3.10. The fraction of sp³-hybridized carbons (Fsp3) is 0.238. The van der Waals surface area contributed by atoms with Gasteiger partial charge in [-0.25, -0.2) is 9.97 Å². The summed E-state index contributed by atoms with van der Waals surface area (Å²) in [5, 5.41) is 0. The van der Waals surface area contributed by atoms with Gasteiger partial charge < -0.3 is 20.1 Å². The van der Waals surface area contributed by atoms with E-state index in [0.29, 0.717) is 23.6 Å². The van der Waals surface area contributed by atoms with Gasteiger partial charge in [0.05, 0.1) is 43.8 Å². The number of anilines is 1. The van der Waals surface area contributed by atoms with Gasteiger partial charge in [-0.1, -0.05) is 0 Å². The zero-order valence-corrected chi connectivity index (χ0v) is 16.4. The number of methoxy groups -OCH3 is 2. The average molecular weight is 391 g/mol. The molecule has 148 valence electrons. The molecule has 8 nitrogen and oxygen atoms in total. The molecule has 0 radical (unpaired) electrons. The molecule has 2 aromatic heterocycles. The summed E-state index contributed by atoms with van der Waals surface area (Å²) in [5.74, 6) is 1.07. The number of pyridine rings is 1. The Bertz CT molecular complexity index is 1070. The Morgan fingerprint density at radius 1 is 1.14 bits per heavy atom. The molecule has 0 aliphatic carbocycles. The molecule has 3 aromatic rings. The lowest BCUT2D eigenvalue weighted by Crippen LogP contribution is -2.28. The summed E-state index contributed by atoms with van der Waals surface area (Å²) in [4.78, 5) is 28.1. The normalized spacial score (nSPS) is 15.1. The standard InChI is InChI=1S/C21H21N5O3/c1-12-18-16(19(25-21(22)24-18)13-6-8-23-9-7-13)11-26(12)20(27)15-10-14(28-2)4-5-17(15)29-3/h4-10,12H,11H2,1-3H3,(H2,22,24,25)/t12-/m0/s1. The van der Waals surface area contributed by atoms with Crippen LogP contribution in [0.4, 0.5) is 5.95 Å². The number of nitrogen functional groups attached to an aromatic ring is 1. The van der Waals surface area contributed by atoms with Gasteiger partial charge in [-0.2, -0.15) is 0 Å². The number of rotatable bonds is 4. The van der Waals surface area contributed by atoms with Crippen LogP contribution in [0.1, 0.15) is 34.6 Å². The van der Waals surface area contributed by atoms with Gasteiger partial charge in [-0.05, 0) is 37.3 Å². The van der Waals surface area contributed by atoms with Crippen LogP contribution in [0.25, 0.3) is 11.3 Å². The molecule has 1 aliphatic rings. The number of ether oxygens (including phenoxy) is 2. The van der Waals surface area contributed by atoms with Gasteiger partial charge in [0, 0.05) is 23.5 Å². The first-order valence-electron chi connectivity index (χ1n) is 9.13. The maximum absolute atomic E-state index is 13.4. The Morgan fingerprint density at radius 2 is 1.90 bits per heavy atom. The molecule has 0 fully saturated rings. The Balaban J connectivity index is 1.76. The highest BCUT2D eigenvalue weighted by Gasteiger charge is 2.36. The van der Waals surface area contributed by atoms with E-state index in [2.05, 4.69) is 15.0 Å². The van der Waals surface area contributed by atoms with Crippen molar-refractivity contribution in [3.8, 4) is 22.8 Å². The van der Waals surface area contributed by atoms with Crippen LogP contribution in [-0.2, 0) is 6.54 Å². The lowest BCUT2D eigenvalue weighted by molar-refractivity contribution is 0.0699. The summed E-state index contributed by atoms with van der Waals surface area (Å²) in [6.07, 6.45) is 3.39. The molecule has 0 spiro atoms. The second-order valence-electron chi connectivity index (χ2n) is 6.71. The second-order valence-corrected chi connectivity index (χ2v) is 6.71. The smallest absolute Gasteiger partial charge is 0.258 e. The summed E-state index contributed by atoms with van der Waals surface area (Å²) < 4.78 is 10.7. The summed E-state index contributed by atoms with van der Waals surface area (Å²) in [5.41, 5.74) is 9.63. The number of nitrogens with two attached hydrogens (primary N) is 1. The SMILES string of the molecule is COc1ccc(OC)c(C(=O)N2Cc3c(-c4ccncc4)nc(N)nc3[C@@H]2C)c1. The maximum Gasteiger partial charge on any atom is 0.258 e. The van der Waals surface area contributed by atoms with Crippen LogP contribution >= 0.6 is 0 Å². The first kappa shape index (κ1) is 18.7. The van der Waals surface area contributed by atoms with Gasteiger partial charge in [0.15, 0.2) is 0 Å². The predicted molar refractivity (Wildman–Crippen MR) is 108 cm³/mol. The third-order valence-electron chi connectivity index (χ3n) is 5.10. The Labute approximate surface area is 168 Å². The van der Waals surface area contributed by atoms with Crippen LogP contribution < -0.4 is 15.2 Å². The van der Waals surface area contributed by atoms with E-state index in [4.69, 9.17) is 15.2 Å². The minimum Gasteiger partial charge on any atom is -0.497 e. The number of carbonyl (C=O) groups excluding carboxylic acids is 1. The lowest BCUT2D eigenvalue weighted by atomic mass is 10.1. The van der Waals surface area contributed by atoms with Crippen LogP contribution in [0, 0.1) is 0 Å². The molecule has 1 amide bonds. The van der Waals surface area contributed by atoms with Crippen molar-refractivity contribution < 1.29 is 14.3 Å². The predicted octanol–water partition coefficient (Wildman–Crippen LogP) is 2.86. The fourth-order valence-electron chi connectivity index (χ4n) is 3.61. The van der Waals surface area contributed by atoms with E-state index in [1.54, 1.807) is 42.6 Å².